The lowest BCUT2D eigenvalue weighted by molar-refractivity contribution is 0.240. The summed E-state index contributed by atoms with van der Waals surface area (Å²) in [6.07, 6.45) is 4.03. The molecule has 1 N–H and O–H groups in total. The highest BCUT2D eigenvalue weighted by Gasteiger charge is 2.22. The summed E-state index contributed by atoms with van der Waals surface area (Å²) in [4.78, 5) is 2.64. The van der Waals surface area contributed by atoms with Crippen molar-refractivity contribution >= 4 is 0 Å². The molecule has 1 heterocycles. The molecule has 0 radical (unpaired) electrons. The minimum atomic E-state index is 0.183. The molecule has 2 heteroatoms. The van der Waals surface area contributed by atoms with Crippen LogP contribution in [-0.4, -0.2) is 23.0 Å². The number of likely N-dealkylation sites (tertiary alicyclic amines) is 1. The van der Waals surface area contributed by atoms with Crippen LogP contribution in [0.4, 0.5) is 0 Å². The third kappa shape index (κ3) is 4.60. The number of nitrogens with one attached hydrogen (secondary N) is 1. The second-order valence-corrected chi connectivity index (χ2v) is 7.09. The van der Waals surface area contributed by atoms with E-state index in [1.807, 2.05) is 0 Å². The molecular formula is C18H30N2. The molecule has 1 saturated heterocycles. The highest BCUT2D eigenvalue weighted by molar-refractivity contribution is 5.22. The Kier molecular flexibility index (Phi) is 5.22. The van der Waals surface area contributed by atoms with Gasteiger partial charge in [0.1, 0.15) is 0 Å². The van der Waals surface area contributed by atoms with Gasteiger partial charge in [0.2, 0.25) is 0 Å². The zero-order valence-electron chi connectivity index (χ0n) is 13.6. The average Bonchev–Trinajstić information content (AvgIpc) is 2.84. The Morgan fingerprint density at radius 2 is 1.80 bits per heavy atom. The molecule has 0 saturated carbocycles. The van der Waals surface area contributed by atoms with Gasteiger partial charge in [0.05, 0.1) is 0 Å². The standard InChI is InChI=1S/C18H30N2/c1-5-17-7-6-12-20(17)14-16-10-8-15(9-11-16)13-19-18(2,3)4/h8-11,17,19H,5-7,12-14H2,1-4H3. The van der Waals surface area contributed by atoms with Gasteiger partial charge in [-0.1, -0.05) is 31.2 Å². The maximum atomic E-state index is 3.54. The molecule has 1 aliphatic heterocycles. The first-order chi connectivity index (χ1) is 9.48. The van der Waals surface area contributed by atoms with Gasteiger partial charge in [-0.2, -0.15) is 0 Å². The molecule has 1 aromatic carbocycles. The van der Waals surface area contributed by atoms with Crippen molar-refractivity contribution in [3.63, 3.8) is 0 Å². The van der Waals surface area contributed by atoms with E-state index in [4.69, 9.17) is 0 Å². The van der Waals surface area contributed by atoms with Crippen molar-refractivity contribution in [2.75, 3.05) is 6.54 Å². The third-order valence-corrected chi connectivity index (χ3v) is 4.20. The predicted octanol–water partition coefficient (Wildman–Crippen LogP) is 3.95. The lowest BCUT2D eigenvalue weighted by Crippen LogP contribution is -2.35. The highest BCUT2D eigenvalue weighted by atomic mass is 15.2. The molecule has 1 fully saturated rings. The Labute approximate surface area is 124 Å². The maximum absolute atomic E-state index is 3.54. The first-order valence-corrected chi connectivity index (χ1v) is 8.05. The van der Waals surface area contributed by atoms with Gasteiger partial charge in [-0.3, -0.25) is 4.90 Å². The molecular weight excluding hydrogens is 244 g/mol. The second-order valence-electron chi connectivity index (χ2n) is 7.09. The zero-order valence-corrected chi connectivity index (χ0v) is 13.6. The van der Waals surface area contributed by atoms with Crippen LogP contribution in [0.3, 0.4) is 0 Å². The predicted molar refractivity (Wildman–Crippen MR) is 86.8 cm³/mol. The fourth-order valence-electron chi connectivity index (χ4n) is 2.93. The number of nitrogens with zero attached hydrogens (tertiary/aromatic N) is 1. The van der Waals surface area contributed by atoms with E-state index >= 15 is 0 Å². The quantitative estimate of drug-likeness (QED) is 0.874. The summed E-state index contributed by atoms with van der Waals surface area (Å²) in [6.45, 7) is 12.3. The summed E-state index contributed by atoms with van der Waals surface area (Å²) in [6, 6.07) is 9.93. The monoisotopic (exact) mass is 274 g/mol. The second kappa shape index (κ2) is 6.73. The van der Waals surface area contributed by atoms with E-state index in [0.29, 0.717) is 0 Å². The Bertz CT molecular complexity index is 402. The summed E-state index contributed by atoms with van der Waals surface area (Å²) in [7, 11) is 0. The van der Waals surface area contributed by atoms with Crippen molar-refractivity contribution in [3.8, 4) is 0 Å². The minimum absolute atomic E-state index is 0.183. The van der Waals surface area contributed by atoms with Gasteiger partial charge in [-0.25, -0.2) is 0 Å². The van der Waals surface area contributed by atoms with Crippen LogP contribution >= 0.6 is 0 Å². The molecule has 2 rings (SSSR count). The molecule has 2 nitrogen and oxygen atoms in total. The van der Waals surface area contributed by atoms with E-state index < -0.39 is 0 Å². The first-order valence-electron chi connectivity index (χ1n) is 8.05. The molecule has 0 aliphatic carbocycles. The number of hydrogen-bond donors (Lipinski definition) is 1. The molecule has 1 atom stereocenters. The number of hydrogen-bond acceptors (Lipinski definition) is 2. The Balaban J connectivity index is 1.88. The molecule has 112 valence electrons. The number of rotatable bonds is 5. The topological polar surface area (TPSA) is 15.3 Å². The average molecular weight is 274 g/mol. The fraction of sp³-hybridized carbons (Fsp3) is 0.667. The fourth-order valence-corrected chi connectivity index (χ4v) is 2.93. The van der Waals surface area contributed by atoms with Gasteiger partial charge < -0.3 is 5.32 Å². The van der Waals surface area contributed by atoms with Gasteiger partial charge in [-0.05, 0) is 57.7 Å². The molecule has 1 unspecified atom stereocenters. The summed E-state index contributed by atoms with van der Waals surface area (Å²) in [5.41, 5.74) is 3.00. The van der Waals surface area contributed by atoms with Crippen LogP contribution in [0.15, 0.2) is 24.3 Å². The van der Waals surface area contributed by atoms with E-state index in [0.717, 1.165) is 19.1 Å². The molecule has 0 amide bonds. The van der Waals surface area contributed by atoms with Crippen molar-refractivity contribution < 1.29 is 0 Å². The SMILES string of the molecule is CCC1CCCN1Cc1ccc(CNC(C)(C)C)cc1. The van der Waals surface area contributed by atoms with Crippen LogP contribution in [-0.2, 0) is 13.1 Å². The van der Waals surface area contributed by atoms with Crippen LogP contribution < -0.4 is 5.32 Å². The largest absolute Gasteiger partial charge is 0.308 e. The van der Waals surface area contributed by atoms with E-state index in [2.05, 4.69) is 62.2 Å². The normalized spacial score (nSPS) is 20.5. The summed E-state index contributed by atoms with van der Waals surface area (Å²) < 4.78 is 0. The maximum Gasteiger partial charge on any atom is 0.0236 e. The van der Waals surface area contributed by atoms with Gasteiger partial charge in [0, 0.05) is 24.7 Å². The van der Waals surface area contributed by atoms with Crippen molar-refractivity contribution in [1.29, 1.82) is 0 Å². The molecule has 0 aromatic heterocycles. The minimum Gasteiger partial charge on any atom is -0.308 e. The lowest BCUT2D eigenvalue weighted by atomic mass is 10.1. The van der Waals surface area contributed by atoms with Crippen molar-refractivity contribution in [2.24, 2.45) is 0 Å². The summed E-state index contributed by atoms with van der Waals surface area (Å²) >= 11 is 0. The van der Waals surface area contributed by atoms with E-state index in [-0.39, 0.29) is 5.54 Å². The van der Waals surface area contributed by atoms with Crippen LogP contribution in [0, 0.1) is 0 Å². The number of benzene rings is 1. The van der Waals surface area contributed by atoms with Crippen LogP contribution in [0.25, 0.3) is 0 Å². The van der Waals surface area contributed by atoms with Gasteiger partial charge in [-0.15, -0.1) is 0 Å². The van der Waals surface area contributed by atoms with Crippen molar-refractivity contribution in [3.05, 3.63) is 35.4 Å². The first kappa shape index (κ1) is 15.5. The Hall–Kier alpha value is -0.860. The van der Waals surface area contributed by atoms with Gasteiger partial charge in [0.15, 0.2) is 0 Å². The molecule has 0 bridgehead atoms. The molecule has 1 aromatic rings. The van der Waals surface area contributed by atoms with Crippen LogP contribution in [0.2, 0.25) is 0 Å². The van der Waals surface area contributed by atoms with Gasteiger partial charge in [0.25, 0.3) is 0 Å². The Morgan fingerprint density at radius 3 is 2.40 bits per heavy atom. The van der Waals surface area contributed by atoms with E-state index in [9.17, 15) is 0 Å². The smallest absolute Gasteiger partial charge is 0.0236 e. The lowest BCUT2D eigenvalue weighted by Gasteiger charge is -2.23. The van der Waals surface area contributed by atoms with Crippen LogP contribution in [0.5, 0.6) is 0 Å². The van der Waals surface area contributed by atoms with Crippen molar-refractivity contribution in [2.45, 2.75) is 71.6 Å². The highest BCUT2D eigenvalue weighted by Crippen LogP contribution is 2.22. The molecule has 20 heavy (non-hydrogen) atoms. The molecule has 0 spiro atoms. The molecule has 1 aliphatic rings. The summed E-state index contributed by atoms with van der Waals surface area (Å²) in [5.74, 6) is 0. The van der Waals surface area contributed by atoms with Crippen molar-refractivity contribution in [1.82, 2.24) is 10.2 Å². The zero-order chi connectivity index (χ0) is 14.6. The Morgan fingerprint density at radius 1 is 1.15 bits per heavy atom. The van der Waals surface area contributed by atoms with E-state index in [1.54, 1.807) is 0 Å². The van der Waals surface area contributed by atoms with Gasteiger partial charge >= 0.3 is 0 Å². The third-order valence-electron chi connectivity index (χ3n) is 4.20. The van der Waals surface area contributed by atoms with Crippen LogP contribution in [0.1, 0.15) is 58.1 Å². The summed E-state index contributed by atoms with van der Waals surface area (Å²) in [5, 5.41) is 3.54. The van der Waals surface area contributed by atoms with E-state index in [1.165, 1.54) is 36.9 Å².